The molecule has 0 bridgehead atoms. The fourth-order valence-electron chi connectivity index (χ4n) is 3.25. The minimum atomic E-state index is -0.109. The molecule has 2 amide bonds. The molecule has 1 N–H and O–H groups in total. The molecule has 0 aliphatic carbocycles. The van der Waals surface area contributed by atoms with E-state index in [1.165, 1.54) is 6.26 Å². The number of hydrogen-bond acceptors (Lipinski definition) is 4. The number of amides is 2. The van der Waals surface area contributed by atoms with Gasteiger partial charge in [-0.2, -0.15) is 0 Å². The lowest BCUT2D eigenvalue weighted by molar-refractivity contribution is -0.126. The van der Waals surface area contributed by atoms with Crippen molar-refractivity contribution >= 4 is 11.8 Å². The molecule has 26 heavy (non-hydrogen) atoms. The minimum absolute atomic E-state index is 0.0438. The quantitative estimate of drug-likeness (QED) is 0.864. The fourth-order valence-corrected chi connectivity index (χ4v) is 3.25. The molecular formula is C20H24N2O4. The Balaban J connectivity index is 1.49. The van der Waals surface area contributed by atoms with E-state index in [1.54, 1.807) is 24.1 Å². The molecule has 6 nitrogen and oxygen atoms in total. The van der Waals surface area contributed by atoms with Gasteiger partial charge in [-0.25, -0.2) is 0 Å². The van der Waals surface area contributed by atoms with Crippen LogP contribution < -0.4 is 5.32 Å². The van der Waals surface area contributed by atoms with Gasteiger partial charge in [-0.1, -0.05) is 24.3 Å². The summed E-state index contributed by atoms with van der Waals surface area (Å²) in [5.41, 5.74) is 2.14. The minimum Gasteiger partial charge on any atom is -0.459 e. The molecule has 0 unspecified atom stereocenters. The van der Waals surface area contributed by atoms with Crippen LogP contribution in [0.3, 0.4) is 0 Å². The summed E-state index contributed by atoms with van der Waals surface area (Å²) in [5, 5.41) is 3.02. The molecule has 2 heterocycles. The van der Waals surface area contributed by atoms with Crippen LogP contribution in [0.25, 0.3) is 0 Å². The molecule has 0 radical (unpaired) electrons. The van der Waals surface area contributed by atoms with Gasteiger partial charge in [0.1, 0.15) is 0 Å². The molecule has 0 spiro atoms. The normalized spacial score (nSPS) is 15.0. The zero-order valence-electron chi connectivity index (χ0n) is 14.9. The Kier molecular flexibility index (Phi) is 6.07. The Labute approximate surface area is 153 Å². The molecule has 0 atom stereocenters. The van der Waals surface area contributed by atoms with Gasteiger partial charge in [0.05, 0.1) is 12.9 Å². The lowest BCUT2D eigenvalue weighted by Gasteiger charge is -2.30. The van der Waals surface area contributed by atoms with E-state index in [0.29, 0.717) is 44.8 Å². The van der Waals surface area contributed by atoms with Gasteiger partial charge in [-0.05, 0) is 36.1 Å². The second-order valence-corrected chi connectivity index (χ2v) is 6.46. The predicted octanol–water partition coefficient (Wildman–Crippen LogP) is 2.59. The number of furan rings is 1. The van der Waals surface area contributed by atoms with Crippen LogP contribution in [0.15, 0.2) is 47.1 Å². The number of piperidine rings is 1. The van der Waals surface area contributed by atoms with Gasteiger partial charge in [0, 0.05) is 32.7 Å². The molecule has 1 aromatic heterocycles. The average Bonchev–Trinajstić information content (AvgIpc) is 3.21. The first-order valence-corrected chi connectivity index (χ1v) is 8.85. The van der Waals surface area contributed by atoms with E-state index in [4.69, 9.17) is 9.15 Å². The maximum absolute atomic E-state index is 12.5. The SMILES string of the molecule is COCc1ccccc1CNC(=O)C1CCN(C(=O)c2ccco2)CC1. The Morgan fingerprint density at radius 3 is 2.54 bits per heavy atom. The van der Waals surface area contributed by atoms with Gasteiger partial charge in [-0.15, -0.1) is 0 Å². The highest BCUT2D eigenvalue weighted by Crippen LogP contribution is 2.20. The predicted molar refractivity (Wildman–Crippen MR) is 96.3 cm³/mol. The number of rotatable bonds is 6. The van der Waals surface area contributed by atoms with Crippen LogP contribution >= 0.6 is 0 Å². The van der Waals surface area contributed by atoms with E-state index in [1.807, 2.05) is 24.3 Å². The van der Waals surface area contributed by atoms with Crippen molar-refractivity contribution in [2.45, 2.75) is 26.0 Å². The molecular weight excluding hydrogens is 332 g/mol. The van der Waals surface area contributed by atoms with Crippen LogP contribution in [0.4, 0.5) is 0 Å². The van der Waals surface area contributed by atoms with Crippen molar-refractivity contribution in [3.63, 3.8) is 0 Å². The second kappa shape index (κ2) is 8.67. The van der Waals surface area contributed by atoms with Gasteiger partial charge in [0.25, 0.3) is 5.91 Å². The van der Waals surface area contributed by atoms with Gasteiger partial charge in [-0.3, -0.25) is 9.59 Å². The second-order valence-electron chi connectivity index (χ2n) is 6.46. The van der Waals surface area contributed by atoms with E-state index in [0.717, 1.165) is 11.1 Å². The maximum atomic E-state index is 12.5. The Morgan fingerprint density at radius 1 is 1.15 bits per heavy atom. The first kappa shape index (κ1) is 18.2. The van der Waals surface area contributed by atoms with Crippen molar-refractivity contribution in [1.82, 2.24) is 10.2 Å². The molecule has 1 fully saturated rings. The van der Waals surface area contributed by atoms with Crippen molar-refractivity contribution in [3.8, 4) is 0 Å². The van der Waals surface area contributed by atoms with Crippen LogP contribution in [0, 0.1) is 5.92 Å². The number of methoxy groups -OCH3 is 1. The fraction of sp³-hybridized carbons (Fsp3) is 0.400. The summed E-state index contributed by atoms with van der Waals surface area (Å²) in [7, 11) is 1.66. The molecule has 6 heteroatoms. The third-order valence-corrected chi connectivity index (χ3v) is 4.76. The van der Waals surface area contributed by atoms with Crippen LogP contribution in [-0.4, -0.2) is 36.9 Å². The number of benzene rings is 1. The summed E-state index contributed by atoms with van der Waals surface area (Å²) in [6.45, 7) is 2.15. The maximum Gasteiger partial charge on any atom is 0.289 e. The van der Waals surface area contributed by atoms with Crippen LogP contribution in [-0.2, 0) is 22.7 Å². The Bertz CT molecular complexity index is 734. The van der Waals surface area contributed by atoms with Crippen molar-refractivity contribution < 1.29 is 18.7 Å². The highest BCUT2D eigenvalue weighted by atomic mass is 16.5. The lowest BCUT2D eigenvalue weighted by Crippen LogP contribution is -2.42. The van der Waals surface area contributed by atoms with E-state index in [9.17, 15) is 9.59 Å². The van der Waals surface area contributed by atoms with Crippen LogP contribution in [0.1, 0.15) is 34.5 Å². The number of ether oxygens (including phenoxy) is 1. The Morgan fingerprint density at radius 2 is 1.88 bits per heavy atom. The summed E-state index contributed by atoms with van der Waals surface area (Å²) in [6.07, 6.45) is 2.82. The summed E-state index contributed by atoms with van der Waals surface area (Å²) in [4.78, 5) is 26.5. The molecule has 0 saturated carbocycles. The number of nitrogens with one attached hydrogen (secondary N) is 1. The summed E-state index contributed by atoms with van der Waals surface area (Å²) < 4.78 is 10.4. The summed E-state index contributed by atoms with van der Waals surface area (Å²) in [6, 6.07) is 11.3. The smallest absolute Gasteiger partial charge is 0.289 e. The van der Waals surface area contributed by atoms with Crippen molar-refractivity contribution in [1.29, 1.82) is 0 Å². The number of carbonyl (C=O) groups is 2. The highest BCUT2D eigenvalue weighted by Gasteiger charge is 2.28. The largest absolute Gasteiger partial charge is 0.459 e. The van der Waals surface area contributed by atoms with E-state index < -0.39 is 0 Å². The first-order valence-electron chi connectivity index (χ1n) is 8.85. The standard InChI is InChI=1S/C20H24N2O4/c1-25-14-17-6-3-2-5-16(17)13-21-19(23)15-8-10-22(11-9-15)20(24)18-7-4-12-26-18/h2-7,12,15H,8-11,13-14H2,1H3,(H,21,23). The summed E-state index contributed by atoms with van der Waals surface area (Å²) in [5.74, 6) is 0.220. The molecule has 2 aromatic rings. The molecule has 1 aliphatic heterocycles. The molecule has 1 saturated heterocycles. The van der Waals surface area contributed by atoms with Crippen molar-refractivity contribution in [2.75, 3.05) is 20.2 Å². The van der Waals surface area contributed by atoms with E-state index in [2.05, 4.69) is 5.32 Å². The van der Waals surface area contributed by atoms with Crippen molar-refractivity contribution in [3.05, 3.63) is 59.5 Å². The number of carbonyl (C=O) groups excluding carboxylic acids is 2. The van der Waals surface area contributed by atoms with Crippen LogP contribution in [0.5, 0.6) is 0 Å². The lowest BCUT2D eigenvalue weighted by atomic mass is 9.95. The number of nitrogens with zero attached hydrogens (tertiary/aromatic N) is 1. The third kappa shape index (κ3) is 4.32. The topological polar surface area (TPSA) is 71.8 Å². The Hall–Kier alpha value is -2.60. The van der Waals surface area contributed by atoms with Gasteiger partial charge >= 0.3 is 0 Å². The average molecular weight is 356 g/mol. The zero-order chi connectivity index (χ0) is 18.4. The molecule has 3 rings (SSSR count). The number of likely N-dealkylation sites (tertiary alicyclic amines) is 1. The van der Waals surface area contributed by atoms with Gasteiger partial charge < -0.3 is 19.4 Å². The number of hydrogen-bond donors (Lipinski definition) is 1. The van der Waals surface area contributed by atoms with Crippen molar-refractivity contribution in [2.24, 2.45) is 5.92 Å². The van der Waals surface area contributed by atoms with E-state index in [-0.39, 0.29) is 17.7 Å². The van der Waals surface area contributed by atoms with E-state index >= 15 is 0 Å². The van der Waals surface area contributed by atoms with Gasteiger partial charge in [0.15, 0.2) is 5.76 Å². The van der Waals surface area contributed by atoms with Crippen LogP contribution in [0.2, 0.25) is 0 Å². The van der Waals surface area contributed by atoms with Gasteiger partial charge in [0.2, 0.25) is 5.91 Å². The molecule has 1 aromatic carbocycles. The zero-order valence-corrected chi connectivity index (χ0v) is 14.9. The first-order chi connectivity index (χ1) is 12.7. The highest BCUT2D eigenvalue weighted by molar-refractivity contribution is 5.91. The molecule has 138 valence electrons. The summed E-state index contributed by atoms with van der Waals surface area (Å²) >= 11 is 0. The third-order valence-electron chi connectivity index (χ3n) is 4.76. The molecule has 1 aliphatic rings. The monoisotopic (exact) mass is 356 g/mol.